The van der Waals surface area contributed by atoms with Crippen molar-refractivity contribution in [3.05, 3.63) is 0 Å². The molecule has 1 heterocycles. The van der Waals surface area contributed by atoms with Gasteiger partial charge in [-0.05, 0) is 25.7 Å². The number of carboxylic acids is 1. The predicted molar refractivity (Wildman–Crippen MR) is 57.8 cm³/mol. The van der Waals surface area contributed by atoms with E-state index in [0.717, 1.165) is 32.1 Å². The Balaban J connectivity index is 1.73. The van der Waals surface area contributed by atoms with Crippen molar-refractivity contribution in [2.45, 2.75) is 25.8 Å². The Morgan fingerprint density at radius 1 is 1.33 bits per heavy atom. The topological polar surface area (TPSA) is 43.8 Å². The van der Waals surface area contributed by atoms with Gasteiger partial charge in [-0.25, -0.2) is 0 Å². The van der Waals surface area contributed by atoms with Crippen molar-refractivity contribution in [1.29, 1.82) is 0 Å². The number of hydrogen-bond donors (Lipinski definition) is 1. The number of aliphatic carboxylic acids is 1. The molecule has 1 saturated carbocycles. The van der Waals surface area contributed by atoms with Gasteiger partial charge in [0.15, 0.2) is 0 Å². The molecule has 1 unspecified atom stereocenters. The van der Waals surface area contributed by atoms with Crippen molar-refractivity contribution in [3.8, 4) is 0 Å². The van der Waals surface area contributed by atoms with E-state index in [1.165, 1.54) is 12.8 Å². The summed E-state index contributed by atoms with van der Waals surface area (Å²) in [6.45, 7) is 6.39. The second-order valence-corrected chi connectivity index (χ2v) is 4.78. The van der Waals surface area contributed by atoms with Gasteiger partial charge in [-0.1, -0.05) is 0 Å². The molecule has 15 heavy (non-hydrogen) atoms. The van der Waals surface area contributed by atoms with Crippen LogP contribution in [0.25, 0.3) is 0 Å². The van der Waals surface area contributed by atoms with Crippen LogP contribution in [0.1, 0.15) is 19.8 Å². The molecule has 0 bridgehead atoms. The van der Waals surface area contributed by atoms with E-state index in [2.05, 4.69) is 11.8 Å². The molecular formula is C11H20N2O2. The molecule has 86 valence electrons. The first-order valence-electron chi connectivity index (χ1n) is 5.85. The molecule has 1 aliphatic carbocycles. The van der Waals surface area contributed by atoms with Crippen LogP contribution in [0.3, 0.4) is 0 Å². The number of rotatable bonds is 4. The molecule has 4 nitrogen and oxygen atoms in total. The largest absolute Gasteiger partial charge is 0.480 e. The highest BCUT2D eigenvalue weighted by molar-refractivity contribution is 5.69. The maximum absolute atomic E-state index is 10.5. The second kappa shape index (κ2) is 4.49. The summed E-state index contributed by atoms with van der Waals surface area (Å²) >= 11 is 0. The van der Waals surface area contributed by atoms with E-state index in [9.17, 15) is 4.79 Å². The van der Waals surface area contributed by atoms with Crippen LogP contribution in [0.2, 0.25) is 0 Å². The zero-order valence-corrected chi connectivity index (χ0v) is 9.35. The SMILES string of the molecule is CC(C1CC1)N1CCN(CC(=O)O)CC1. The highest BCUT2D eigenvalue weighted by atomic mass is 16.4. The number of carbonyl (C=O) groups is 1. The molecule has 0 radical (unpaired) electrons. The van der Waals surface area contributed by atoms with Gasteiger partial charge in [-0.2, -0.15) is 0 Å². The summed E-state index contributed by atoms with van der Waals surface area (Å²) in [6, 6.07) is 0.706. The Bertz CT molecular complexity index is 233. The molecule has 1 N–H and O–H groups in total. The van der Waals surface area contributed by atoms with E-state index >= 15 is 0 Å². The summed E-state index contributed by atoms with van der Waals surface area (Å²) in [5.41, 5.74) is 0. The molecule has 2 fully saturated rings. The minimum Gasteiger partial charge on any atom is -0.480 e. The van der Waals surface area contributed by atoms with Crippen LogP contribution in [0.15, 0.2) is 0 Å². The van der Waals surface area contributed by atoms with Gasteiger partial charge in [0.25, 0.3) is 0 Å². The summed E-state index contributed by atoms with van der Waals surface area (Å²) in [5.74, 6) is 0.203. The fraction of sp³-hybridized carbons (Fsp3) is 0.909. The number of carboxylic acid groups (broad SMARTS) is 1. The van der Waals surface area contributed by atoms with E-state index in [-0.39, 0.29) is 6.54 Å². The fourth-order valence-corrected chi connectivity index (χ4v) is 2.40. The first kappa shape index (κ1) is 10.9. The Kier molecular flexibility index (Phi) is 3.26. The third-order valence-corrected chi connectivity index (χ3v) is 3.65. The number of piperazine rings is 1. The van der Waals surface area contributed by atoms with Gasteiger partial charge >= 0.3 is 5.97 Å². The van der Waals surface area contributed by atoms with Crippen molar-refractivity contribution in [3.63, 3.8) is 0 Å². The van der Waals surface area contributed by atoms with Crippen LogP contribution in [0.5, 0.6) is 0 Å². The maximum atomic E-state index is 10.5. The van der Waals surface area contributed by atoms with Crippen LogP contribution in [-0.4, -0.2) is 59.6 Å². The van der Waals surface area contributed by atoms with Gasteiger partial charge in [0.05, 0.1) is 6.54 Å². The normalized spacial score (nSPS) is 26.5. The molecule has 0 aromatic heterocycles. The van der Waals surface area contributed by atoms with E-state index < -0.39 is 5.97 Å². The quantitative estimate of drug-likeness (QED) is 0.736. The molecule has 2 rings (SSSR count). The molecule has 0 aromatic carbocycles. The van der Waals surface area contributed by atoms with Crippen LogP contribution >= 0.6 is 0 Å². The minimum atomic E-state index is -0.710. The first-order chi connectivity index (χ1) is 7.16. The molecule has 1 saturated heterocycles. The average molecular weight is 212 g/mol. The minimum absolute atomic E-state index is 0.200. The molecule has 0 amide bonds. The number of nitrogens with zero attached hydrogens (tertiary/aromatic N) is 2. The van der Waals surface area contributed by atoms with E-state index in [0.29, 0.717) is 6.04 Å². The first-order valence-corrected chi connectivity index (χ1v) is 5.85. The summed E-state index contributed by atoms with van der Waals surface area (Å²) in [7, 11) is 0. The highest BCUT2D eigenvalue weighted by Crippen LogP contribution is 2.35. The molecule has 0 aromatic rings. The van der Waals surface area contributed by atoms with Gasteiger partial charge in [0.2, 0.25) is 0 Å². The van der Waals surface area contributed by atoms with Crippen molar-refractivity contribution >= 4 is 5.97 Å². The van der Waals surface area contributed by atoms with Gasteiger partial charge in [-0.15, -0.1) is 0 Å². The van der Waals surface area contributed by atoms with Crippen molar-refractivity contribution in [2.24, 2.45) is 5.92 Å². The Hall–Kier alpha value is -0.610. The molecule has 1 atom stereocenters. The van der Waals surface area contributed by atoms with Crippen molar-refractivity contribution in [2.75, 3.05) is 32.7 Å². The van der Waals surface area contributed by atoms with Crippen LogP contribution in [0.4, 0.5) is 0 Å². The second-order valence-electron chi connectivity index (χ2n) is 4.78. The van der Waals surface area contributed by atoms with Crippen LogP contribution in [-0.2, 0) is 4.79 Å². The molecule has 2 aliphatic rings. The van der Waals surface area contributed by atoms with Crippen LogP contribution in [0, 0.1) is 5.92 Å². The standard InChI is InChI=1S/C11H20N2O2/c1-9(10-2-3-10)13-6-4-12(5-7-13)8-11(14)15/h9-10H,2-8H2,1H3,(H,14,15). The van der Waals surface area contributed by atoms with Crippen LogP contribution < -0.4 is 0 Å². The zero-order chi connectivity index (χ0) is 10.8. The van der Waals surface area contributed by atoms with Gasteiger partial charge < -0.3 is 5.11 Å². The Labute approximate surface area is 90.9 Å². The smallest absolute Gasteiger partial charge is 0.317 e. The van der Waals surface area contributed by atoms with Crippen molar-refractivity contribution < 1.29 is 9.90 Å². The third kappa shape index (κ3) is 2.92. The highest BCUT2D eigenvalue weighted by Gasteiger charge is 2.33. The predicted octanol–water partition coefficient (Wildman–Crippen LogP) is 0.487. The number of hydrogen-bond acceptors (Lipinski definition) is 3. The summed E-state index contributed by atoms with van der Waals surface area (Å²) < 4.78 is 0. The lowest BCUT2D eigenvalue weighted by Crippen LogP contribution is -2.51. The Morgan fingerprint density at radius 3 is 2.40 bits per heavy atom. The monoisotopic (exact) mass is 212 g/mol. The zero-order valence-electron chi connectivity index (χ0n) is 9.35. The molecule has 0 spiro atoms. The lowest BCUT2D eigenvalue weighted by molar-refractivity contribution is -0.138. The maximum Gasteiger partial charge on any atom is 0.317 e. The van der Waals surface area contributed by atoms with Gasteiger partial charge in [0.1, 0.15) is 0 Å². The van der Waals surface area contributed by atoms with Gasteiger partial charge in [-0.3, -0.25) is 14.6 Å². The molecule has 1 aliphatic heterocycles. The fourth-order valence-electron chi connectivity index (χ4n) is 2.40. The van der Waals surface area contributed by atoms with Crippen molar-refractivity contribution in [1.82, 2.24) is 9.80 Å². The van der Waals surface area contributed by atoms with Gasteiger partial charge in [0, 0.05) is 32.2 Å². The van der Waals surface area contributed by atoms with E-state index in [4.69, 9.17) is 5.11 Å². The lowest BCUT2D eigenvalue weighted by Gasteiger charge is -2.37. The third-order valence-electron chi connectivity index (χ3n) is 3.65. The average Bonchev–Trinajstić information content (AvgIpc) is 3.00. The molecule has 4 heteroatoms. The summed E-state index contributed by atoms with van der Waals surface area (Å²) in [6.07, 6.45) is 2.77. The summed E-state index contributed by atoms with van der Waals surface area (Å²) in [4.78, 5) is 15.1. The lowest BCUT2D eigenvalue weighted by atomic mass is 10.1. The van der Waals surface area contributed by atoms with E-state index in [1.54, 1.807) is 0 Å². The van der Waals surface area contributed by atoms with E-state index in [1.807, 2.05) is 4.90 Å². The summed E-state index contributed by atoms with van der Waals surface area (Å²) in [5, 5.41) is 8.68. The molecular weight excluding hydrogens is 192 g/mol. The Morgan fingerprint density at radius 2 is 1.93 bits per heavy atom.